The highest BCUT2D eigenvalue weighted by molar-refractivity contribution is 7.90. The Labute approximate surface area is 167 Å². The SMILES string of the molecule is C[C](C)CN1CCC2(CC1)Cc1c(Cl)cccc1[C@H]2N[S@+]([O-])C(C)(C)C. The monoisotopic (exact) mass is 395 g/mol. The number of rotatable bonds is 4. The van der Waals surface area contributed by atoms with Crippen molar-refractivity contribution in [3.63, 3.8) is 0 Å². The number of nitrogens with zero attached hydrogens (tertiary/aromatic N) is 1. The Morgan fingerprint density at radius 3 is 2.54 bits per heavy atom. The van der Waals surface area contributed by atoms with Crippen molar-refractivity contribution in [1.29, 1.82) is 0 Å². The lowest BCUT2D eigenvalue weighted by Crippen LogP contribution is -2.50. The van der Waals surface area contributed by atoms with Crippen molar-refractivity contribution in [3.05, 3.63) is 40.3 Å². The molecule has 0 unspecified atom stereocenters. The predicted molar refractivity (Wildman–Crippen MR) is 112 cm³/mol. The number of benzene rings is 1. The molecule has 0 bridgehead atoms. The van der Waals surface area contributed by atoms with Gasteiger partial charge in [0.05, 0.1) is 6.04 Å². The van der Waals surface area contributed by atoms with Crippen molar-refractivity contribution in [2.45, 2.75) is 64.7 Å². The van der Waals surface area contributed by atoms with E-state index in [9.17, 15) is 4.55 Å². The molecule has 1 fully saturated rings. The molecule has 3 rings (SSSR count). The molecule has 1 saturated heterocycles. The molecule has 1 aromatic rings. The van der Waals surface area contributed by atoms with Crippen LogP contribution < -0.4 is 4.72 Å². The largest absolute Gasteiger partial charge is 0.598 e. The Bertz CT molecular complexity index is 635. The summed E-state index contributed by atoms with van der Waals surface area (Å²) < 4.78 is 16.1. The van der Waals surface area contributed by atoms with Gasteiger partial charge in [-0.3, -0.25) is 0 Å². The number of likely N-dealkylation sites (tertiary alicyclic amines) is 1. The van der Waals surface area contributed by atoms with Crippen molar-refractivity contribution >= 4 is 23.0 Å². The van der Waals surface area contributed by atoms with Crippen molar-refractivity contribution < 1.29 is 4.55 Å². The second kappa shape index (κ2) is 7.63. The molecule has 26 heavy (non-hydrogen) atoms. The molecule has 5 heteroatoms. The van der Waals surface area contributed by atoms with Gasteiger partial charge in [0.25, 0.3) is 0 Å². The lowest BCUT2D eigenvalue weighted by molar-refractivity contribution is 0.0869. The van der Waals surface area contributed by atoms with E-state index in [1.807, 2.05) is 32.9 Å². The lowest BCUT2D eigenvalue weighted by Gasteiger charge is -2.44. The van der Waals surface area contributed by atoms with Crippen LogP contribution in [-0.4, -0.2) is 33.8 Å². The third kappa shape index (κ3) is 4.10. The first-order valence-electron chi connectivity index (χ1n) is 9.59. The van der Waals surface area contributed by atoms with E-state index in [0.717, 1.165) is 43.9 Å². The zero-order chi connectivity index (χ0) is 19.1. The molecule has 1 radical (unpaired) electrons. The van der Waals surface area contributed by atoms with Crippen molar-refractivity contribution in [3.8, 4) is 0 Å². The van der Waals surface area contributed by atoms with Gasteiger partial charge in [0.1, 0.15) is 4.75 Å². The van der Waals surface area contributed by atoms with E-state index < -0.39 is 11.4 Å². The molecular weight excluding hydrogens is 364 g/mol. The van der Waals surface area contributed by atoms with Gasteiger partial charge in [0.2, 0.25) is 0 Å². The van der Waals surface area contributed by atoms with E-state index in [1.165, 1.54) is 17.0 Å². The zero-order valence-corrected chi connectivity index (χ0v) is 18.3. The summed E-state index contributed by atoms with van der Waals surface area (Å²) in [7, 11) is 0. The van der Waals surface area contributed by atoms with Crippen LogP contribution in [0.3, 0.4) is 0 Å². The van der Waals surface area contributed by atoms with Crippen LogP contribution in [-0.2, 0) is 17.8 Å². The summed E-state index contributed by atoms with van der Waals surface area (Å²) >= 11 is 5.45. The fraction of sp³-hybridized carbons (Fsp3) is 0.667. The second-order valence-corrected chi connectivity index (χ2v) is 11.7. The van der Waals surface area contributed by atoms with Gasteiger partial charge in [-0.2, -0.15) is 0 Å². The maximum Gasteiger partial charge on any atom is 0.136 e. The second-order valence-electron chi connectivity index (χ2n) is 9.26. The Morgan fingerprint density at radius 1 is 1.31 bits per heavy atom. The standard InChI is InChI=1S/C21H32ClN2OS/c1-15(2)14-24-11-9-21(10-12-24)13-17-16(7-6-8-18(17)22)19(21)23-26(25)20(3,4)5/h6-8,19,23H,9-14H2,1-5H3/t19-,26-/m1/s1. The van der Waals surface area contributed by atoms with Gasteiger partial charge in [-0.25, -0.2) is 0 Å². The number of nitrogens with one attached hydrogen (secondary N) is 1. The Hall–Kier alpha value is -0.260. The van der Waals surface area contributed by atoms with Crippen LogP contribution in [0.4, 0.5) is 0 Å². The number of hydrogen-bond acceptors (Lipinski definition) is 3. The van der Waals surface area contributed by atoms with E-state index in [4.69, 9.17) is 11.6 Å². The average molecular weight is 396 g/mol. The van der Waals surface area contributed by atoms with E-state index in [-0.39, 0.29) is 16.2 Å². The molecule has 1 heterocycles. The summed E-state index contributed by atoms with van der Waals surface area (Å²) in [5.41, 5.74) is 2.62. The highest BCUT2D eigenvalue weighted by Gasteiger charge is 2.50. The minimum absolute atomic E-state index is 0.116. The van der Waals surface area contributed by atoms with Gasteiger partial charge in [-0.05, 0) is 76.2 Å². The van der Waals surface area contributed by atoms with Crippen LogP contribution >= 0.6 is 11.6 Å². The van der Waals surface area contributed by atoms with Crippen LogP contribution in [0.15, 0.2) is 18.2 Å². The Balaban J connectivity index is 1.86. The van der Waals surface area contributed by atoms with Gasteiger partial charge in [-0.1, -0.05) is 37.6 Å². The third-order valence-corrected chi connectivity index (χ3v) is 7.70. The first-order valence-corrected chi connectivity index (χ1v) is 11.1. The van der Waals surface area contributed by atoms with Crippen molar-refractivity contribution in [2.24, 2.45) is 5.41 Å². The van der Waals surface area contributed by atoms with Gasteiger partial charge in [0, 0.05) is 28.3 Å². The molecule has 0 aromatic heterocycles. The van der Waals surface area contributed by atoms with E-state index >= 15 is 0 Å². The first-order chi connectivity index (χ1) is 12.1. The van der Waals surface area contributed by atoms with Gasteiger partial charge < -0.3 is 9.45 Å². The van der Waals surface area contributed by atoms with Crippen LogP contribution in [0, 0.1) is 11.3 Å². The quantitative estimate of drug-likeness (QED) is 0.752. The van der Waals surface area contributed by atoms with Crippen LogP contribution in [0.5, 0.6) is 0 Å². The predicted octanol–water partition coefficient (Wildman–Crippen LogP) is 4.69. The average Bonchev–Trinajstić information content (AvgIpc) is 2.84. The molecule has 1 aliphatic carbocycles. The molecule has 0 saturated carbocycles. The molecule has 1 aliphatic heterocycles. The summed E-state index contributed by atoms with van der Waals surface area (Å²) in [5.74, 6) is 1.46. The van der Waals surface area contributed by atoms with Gasteiger partial charge in [-0.15, -0.1) is 4.72 Å². The summed E-state index contributed by atoms with van der Waals surface area (Å²) in [6.07, 6.45) is 3.22. The van der Waals surface area contributed by atoms with Crippen LogP contribution in [0.25, 0.3) is 0 Å². The molecule has 1 N–H and O–H groups in total. The van der Waals surface area contributed by atoms with Crippen LogP contribution in [0.2, 0.25) is 5.02 Å². The number of piperidine rings is 1. The highest BCUT2D eigenvalue weighted by Crippen LogP contribution is 2.54. The molecule has 145 valence electrons. The molecule has 1 aromatic carbocycles. The Morgan fingerprint density at radius 2 is 1.96 bits per heavy atom. The molecule has 2 atom stereocenters. The van der Waals surface area contributed by atoms with Crippen LogP contribution in [0.1, 0.15) is 64.6 Å². The lowest BCUT2D eigenvalue weighted by atomic mass is 9.73. The number of halogens is 1. The number of hydrogen-bond donors (Lipinski definition) is 1. The fourth-order valence-electron chi connectivity index (χ4n) is 4.36. The van der Waals surface area contributed by atoms with E-state index in [1.54, 1.807) is 0 Å². The fourth-order valence-corrected chi connectivity index (χ4v) is 5.55. The van der Waals surface area contributed by atoms with Crippen molar-refractivity contribution in [1.82, 2.24) is 9.62 Å². The molecule has 0 amide bonds. The van der Waals surface area contributed by atoms with Crippen molar-refractivity contribution in [2.75, 3.05) is 19.6 Å². The summed E-state index contributed by atoms with van der Waals surface area (Å²) in [5, 5.41) is 0.855. The summed E-state index contributed by atoms with van der Waals surface area (Å²) in [6, 6.07) is 6.30. The van der Waals surface area contributed by atoms with E-state index in [2.05, 4.69) is 29.5 Å². The third-order valence-electron chi connectivity index (χ3n) is 5.78. The molecule has 3 nitrogen and oxygen atoms in total. The summed E-state index contributed by atoms with van der Waals surface area (Å²) in [6.45, 7) is 13.8. The first kappa shape index (κ1) is 20.5. The smallest absolute Gasteiger partial charge is 0.136 e. The molecule has 2 aliphatic rings. The maximum atomic E-state index is 12.9. The normalized spacial score (nSPS) is 24.2. The minimum atomic E-state index is -1.10. The summed E-state index contributed by atoms with van der Waals surface area (Å²) in [4.78, 5) is 2.54. The highest BCUT2D eigenvalue weighted by atomic mass is 35.5. The molecular formula is C21H32ClN2OS. The number of fused-ring (bicyclic) bond motifs is 1. The van der Waals surface area contributed by atoms with E-state index in [0.29, 0.717) is 0 Å². The van der Waals surface area contributed by atoms with Gasteiger partial charge in [0.15, 0.2) is 0 Å². The zero-order valence-electron chi connectivity index (χ0n) is 16.7. The maximum absolute atomic E-state index is 12.9. The van der Waals surface area contributed by atoms with Gasteiger partial charge >= 0.3 is 0 Å². The minimum Gasteiger partial charge on any atom is -0.598 e. The Kier molecular flexibility index (Phi) is 6.01. The molecule has 1 spiro atoms. The topological polar surface area (TPSA) is 38.3 Å².